The van der Waals surface area contributed by atoms with Crippen LogP contribution in [0.5, 0.6) is 0 Å². The Morgan fingerprint density at radius 1 is 0.833 bits per heavy atom. The molecule has 0 heterocycles. The molecular formula is C22H23NO7. The maximum atomic E-state index is 13.0. The van der Waals surface area contributed by atoms with E-state index in [9.17, 15) is 19.2 Å². The van der Waals surface area contributed by atoms with E-state index >= 15 is 0 Å². The number of hydrogen-bond acceptors (Lipinski definition) is 7. The third kappa shape index (κ3) is 4.83. The van der Waals surface area contributed by atoms with E-state index < -0.39 is 41.7 Å². The van der Waals surface area contributed by atoms with Crippen molar-refractivity contribution in [2.45, 2.75) is 17.9 Å². The summed E-state index contributed by atoms with van der Waals surface area (Å²) in [4.78, 5) is 51.1. The predicted octanol–water partition coefficient (Wildman–Crippen LogP) is 1.85. The Hall–Kier alpha value is -3.68. The third-order valence-corrected chi connectivity index (χ3v) is 4.64. The van der Waals surface area contributed by atoms with E-state index in [0.717, 1.165) is 21.3 Å². The van der Waals surface area contributed by atoms with Crippen molar-refractivity contribution in [2.75, 3.05) is 21.3 Å². The minimum atomic E-state index is -2.11. The molecule has 0 aliphatic carbocycles. The smallest absolute Gasteiger partial charge is 0.333 e. The van der Waals surface area contributed by atoms with Crippen LogP contribution >= 0.6 is 0 Å². The van der Waals surface area contributed by atoms with E-state index in [1.807, 2.05) is 0 Å². The fraction of sp³-hybridized carbons (Fsp3) is 0.273. The van der Waals surface area contributed by atoms with Crippen LogP contribution in [0.2, 0.25) is 0 Å². The average molecular weight is 413 g/mol. The quantitative estimate of drug-likeness (QED) is 0.520. The second-order valence-electron chi connectivity index (χ2n) is 6.40. The molecule has 0 spiro atoms. The lowest BCUT2D eigenvalue weighted by molar-refractivity contribution is -0.161. The lowest BCUT2D eigenvalue weighted by Gasteiger charge is -2.36. The van der Waals surface area contributed by atoms with E-state index in [1.165, 1.54) is 12.1 Å². The highest BCUT2D eigenvalue weighted by molar-refractivity contribution is 6.02. The SMILES string of the molecule is COC(=O)C[C@](NC(=O)c1ccccc1)(C(=O)OC)[C@H](C(=O)OC)c1ccccc1. The molecule has 2 aromatic rings. The molecular weight excluding hydrogens is 390 g/mol. The number of ether oxygens (including phenoxy) is 3. The van der Waals surface area contributed by atoms with Gasteiger partial charge in [-0.3, -0.25) is 14.4 Å². The largest absolute Gasteiger partial charge is 0.469 e. The van der Waals surface area contributed by atoms with Crippen molar-refractivity contribution in [3.05, 3.63) is 71.8 Å². The first-order chi connectivity index (χ1) is 14.4. The summed E-state index contributed by atoms with van der Waals surface area (Å²) in [6.45, 7) is 0. The Kier molecular flexibility index (Phi) is 7.69. The zero-order valence-corrected chi connectivity index (χ0v) is 16.9. The van der Waals surface area contributed by atoms with E-state index in [1.54, 1.807) is 48.5 Å². The second-order valence-corrected chi connectivity index (χ2v) is 6.40. The van der Waals surface area contributed by atoms with Crippen LogP contribution in [0.1, 0.15) is 28.3 Å². The normalized spacial score (nSPS) is 13.3. The highest BCUT2D eigenvalue weighted by Gasteiger charge is 2.54. The molecule has 0 fully saturated rings. The molecule has 0 saturated carbocycles. The molecule has 1 amide bonds. The van der Waals surface area contributed by atoms with Crippen LogP contribution in [0.15, 0.2) is 60.7 Å². The summed E-state index contributed by atoms with van der Waals surface area (Å²) in [5.41, 5.74) is -1.53. The molecule has 1 N–H and O–H groups in total. The molecule has 0 aliphatic rings. The van der Waals surface area contributed by atoms with Gasteiger partial charge in [-0.05, 0) is 17.7 Å². The number of esters is 3. The number of rotatable bonds is 8. The summed E-state index contributed by atoms with van der Waals surface area (Å²) in [6.07, 6.45) is -0.649. The highest BCUT2D eigenvalue weighted by Crippen LogP contribution is 2.35. The van der Waals surface area contributed by atoms with Crippen LogP contribution in [-0.2, 0) is 28.6 Å². The van der Waals surface area contributed by atoms with Crippen LogP contribution in [0.4, 0.5) is 0 Å². The van der Waals surface area contributed by atoms with Crippen molar-refractivity contribution in [2.24, 2.45) is 0 Å². The minimum Gasteiger partial charge on any atom is -0.469 e. The van der Waals surface area contributed by atoms with Crippen molar-refractivity contribution in [3.63, 3.8) is 0 Å². The number of nitrogens with one attached hydrogen (secondary N) is 1. The van der Waals surface area contributed by atoms with Gasteiger partial charge in [-0.1, -0.05) is 48.5 Å². The van der Waals surface area contributed by atoms with Crippen LogP contribution < -0.4 is 5.32 Å². The molecule has 0 bridgehead atoms. The van der Waals surface area contributed by atoms with Gasteiger partial charge in [-0.15, -0.1) is 0 Å². The minimum absolute atomic E-state index is 0.229. The van der Waals surface area contributed by atoms with E-state index in [4.69, 9.17) is 14.2 Å². The lowest BCUT2D eigenvalue weighted by atomic mass is 9.76. The maximum Gasteiger partial charge on any atom is 0.333 e. The lowest BCUT2D eigenvalue weighted by Crippen LogP contribution is -2.62. The van der Waals surface area contributed by atoms with Crippen molar-refractivity contribution in [3.8, 4) is 0 Å². The molecule has 0 aromatic heterocycles. The van der Waals surface area contributed by atoms with Gasteiger partial charge in [0, 0.05) is 5.56 Å². The van der Waals surface area contributed by atoms with Crippen molar-refractivity contribution in [1.82, 2.24) is 5.32 Å². The van der Waals surface area contributed by atoms with E-state index in [0.29, 0.717) is 5.56 Å². The molecule has 2 rings (SSSR count). The van der Waals surface area contributed by atoms with Crippen LogP contribution in [0.3, 0.4) is 0 Å². The summed E-state index contributed by atoms with van der Waals surface area (Å²) in [6, 6.07) is 16.3. The predicted molar refractivity (Wildman–Crippen MR) is 106 cm³/mol. The Bertz CT molecular complexity index is 898. The van der Waals surface area contributed by atoms with E-state index in [2.05, 4.69) is 5.32 Å². The Labute approximate surface area is 174 Å². The first kappa shape index (κ1) is 22.6. The molecule has 0 unspecified atom stereocenters. The zero-order chi connectivity index (χ0) is 22.1. The zero-order valence-electron chi connectivity index (χ0n) is 16.9. The van der Waals surface area contributed by atoms with Gasteiger partial charge in [0.15, 0.2) is 5.54 Å². The van der Waals surface area contributed by atoms with Gasteiger partial charge in [-0.25, -0.2) is 4.79 Å². The van der Waals surface area contributed by atoms with Gasteiger partial charge in [0.05, 0.1) is 27.8 Å². The maximum absolute atomic E-state index is 13.0. The number of hydrogen-bond donors (Lipinski definition) is 1. The Morgan fingerprint density at radius 2 is 1.40 bits per heavy atom. The monoisotopic (exact) mass is 413 g/mol. The summed E-state index contributed by atoms with van der Waals surface area (Å²) >= 11 is 0. The summed E-state index contributed by atoms with van der Waals surface area (Å²) in [7, 11) is 3.39. The van der Waals surface area contributed by atoms with Gasteiger partial charge in [0.2, 0.25) is 0 Å². The topological polar surface area (TPSA) is 108 Å². The molecule has 30 heavy (non-hydrogen) atoms. The summed E-state index contributed by atoms with van der Waals surface area (Å²) in [5.74, 6) is -4.68. The summed E-state index contributed by atoms with van der Waals surface area (Å²) < 4.78 is 14.6. The molecule has 158 valence electrons. The first-order valence-corrected chi connectivity index (χ1v) is 9.05. The molecule has 8 heteroatoms. The van der Waals surface area contributed by atoms with Crippen molar-refractivity contribution in [1.29, 1.82) is 0 Å². The van der Waals surface area contributed by atoms with Crippen molar-refractivity contribution >= 4 is 23.8 Å². The third-order valence-electron chi connectivity index (χ3n) is 4.64. The fourth-order valence-electron chi connectivity index (χ4n) is 3.19. The number of amides is 1. The van der Waals surface area contributed by atoms with Gasteiger partial charge in [0.25, 0.3) is 5.91 Å². The molecule has 0 aliphatic heterocycles. The van der Waals surface area contributed by atoms with E-state index in [-0.39, 0.29) is 5.56 Å². The van der Waals surface area contributed by atoms with Gasteiger partial charge >= 0.3 is 17.9 Å². The Morgan fingerprint density at radius 3 is 1.90 bits per heavy atom. The van der Waals surface area contributed by atoms with Crippen molar-refractivity contribution < 1.29 is 33.4 Å². The number of methoxy groups -OCH3 is 3. The van der Waals surface area contributed by atoms with Gasteiger partial charge in [-0.2, -0.15) is 0 Å². The molecule has 0 saturated heterocycles. The Balaban J connectivity index is 2.69. The van der Waals surface area contributed by atoms with Gasteiger partial charge in [0.1, 0.15) is 5.92 Å². The average Bonchev–Trinajstić information content (AvgIpc) is 2.79. The molecule has 2 atom stereocenters. The number of carbonyl (C=O) groups excluding carboxylic acids is 4. The molecule has 0 radical (unpaired) electrons. The van der Waals surface area contributed by atoms with Crippen LogP contribution in [0.25, 0.3) is 0 Å². The number of carbonyl (C=O) groups is 4. The molecule has 2 aromatic carbocycles. The van der Waals surface area contributed by atoms with Crippen LogP contribution in [0, 0.1) is 0 Å². The fourth-order valence-corrected chi connectivity index (χ4v) is 3.19. The first-order valence-electron chi connectivity index (χ1n) is 9.05. The standard InChI is InChI=1S/C22H23NO7/c1-28-17(24)14-22(21(27)30-3,23-19(25)16-12-8-5-9-13-16)18(20(26)29-2)15-10-6-4-7-11-15/h4-13,18H,14H2,1-3H3,(H,23,25)/t18-,22+/m0/s1. The van der Waals surface area contributed by atoms with Gasteiger partial charge < -0.3 is 19.5 Å². The highest BCUT2D eigenvalue weighted by atomic mass is 16.5. The molecule has 8 nitrogen and oxygen atoms in total. The summed E-state index contributed by atoms with van der Waals surface area (Å²) in [5, 5.41) is 2.56. The second kappa shape index (κ2) is 10.2. The number of benzene rings is 2. The van der Waals surface area contributed by atoms with Crippen LogP contribution in [-0.4, -0.2) is 50.7 Å².